The number of para-hydroxylation sites is 1. The Labute approximate surface area is 193 Å². The Morgan fingerprint density at radius 2 is 1.76 bits per heavy atom. The molecule has 0 saturated carbocycles. The maximum atomic E-state index is 13.4. The summed E-state index contributed by atoms with van der Waals surface area (Å²) in [6.07, 6.45) is 1.53. The Morgan fingerprint density at radius 1 is 1.03 bits per heavy atom. The number of morpholine rings is 1. The Balaban J connectivity index is 1.35. The fraction of sp³-hybridized carbons (Fsp3) is 0.440. The molecule has 0 aliphatic carbocycles. The van der Waals surface area contributed by atoms with Gasteiger partial charge >= 0.3 is 6.03 Å². The van der Waals surface area contributed by atoms with E-state index >= 15 is 0 Å². The first-order valence-electron chi connectivity index (χ1n) is 11.6. The quantitative estimate of drug-likeness (QED) is 0.703. The van der Waals surface area contributed by atoms with Gasteiger partial charge in [0.2, 0.25) is 5.91 Å². The van der Waals surface area contributed by atoms with Gasteiger partial charge in [0, 0.05) is 38.4 Å². The Morgan fingerprint density at radius 3 is 2.48 bits per heavy atom. The maximum absolute atomic E-state index is 13.4. The van der Waals surface area contributed by atoms with Gasteiger partial charge in [-0.3, -0.25) is 9.69 Å². The molecule has 2 heterocycles. The van der Waals surface area contributed by atoms with Gasteiger partial charge in [-0.05, 0) is 42.7 Å². The third-order valence-corrected chi connectivity index (χ3v) is 6.32. The number of anilines is 1. The molecule has 0 bridgehead atoms. The Hall–Kier alpha value is -2.97. The van der Waals surface area contributed by atoms with Crippen LogP contribution >= 0.6 is 0 Å². The van der Waals surface area contributed by atoms with Gasteiger partial charge in [-0.15, -0.1) is 0 Å². The van der Waals surface area contributed by atoms with Gasteiger partial charge in [0.1, 0.15) is 5.82 Å². The number of urea groups is 1. The van der Waals surface area contributed by atoms with Crippen molar-refractivity contribution >= 4 is 17.6 Å². The van der Waals surface area contributed by atoms with Crippen LogP contribution in [0.5, 0.6) is 0 Å². The van der Waals surface area contributed by atoms with Crippen LogP contribution in [0.3, 0.4) is 0 Å². The summed E-state index contributed by atoms with van der Waals surface area (Å²) < 4.78 is 18.9. The van der Waals surface area contributed by atoms with Crippen LogP contribution in [0, 0.1) is 11.7 Å². The van der Waals surface area contributed by atoms with Gasteiger partial charge in [-0.1, -0.05) is 30.3 Å². The molecule has 0 radical (unpaired) electrons. The van der Waals surface area contributed by atoms with E-state index in [1.165, 1.54) is 12.1 Å². The molecule has 0 spiro atoms. The SMILES string of the molecule is O=C(NCC(c1ccc(F)cc1)N1CCOCC1)C1CCCN(C(=O)Nc2ccccc2)C1. The first-order valence-corrected chi connectivity index (χ1v) is 11.6. The van der Waals surface area contributed by atoms with Gasteiger partial charge in [-0.25, -0.2) is 9.18 Å². The van der Waals surface area contributed by atoms with E-state index in [-0.39, 0.29) is 29.7 Å². The lowest BCUT2D eigenvalue weighted by Crippen LogP contribution is -2.49. The van der Waals surface area contributed by atoms with E-state index in [0.717, 1.165) is 37.2 Å². The summed E-state index contributed by atoms with van der Waals surface area (Å²) in [6, 6.07) is 15.5. The first-order chi connectivity index (χ1) is 16.1. The summed E-state index contributed by atoms with van der Waals surface area (Å²) in [5.41, 5.74) is 1.70. The number of nitrogens with one attached hydrogen (secondary N) is 2. The normalized spacial score (nSPS) is 20.2. The van der Waals surface area contributed by atoms with Crippen LogP contribution in [0.2, 0.25) is 0 Å². The van der Waals surface area contributed by atoms with E-state index < -0.39 is 0 Å². The van der Waals surface area contributed by atoms with Crippen LogP contribution in [0.1, 0.15) is 24.4 Å². The molecule has 8 heteroatoms. The molecule has 2 atom stereocenters. The van der Waals surface area contributed by atoms with Crippen molar-refractivity contribution in [3.63, 3.8) is 0 Å². The number of rotatable bonds is 6. The van der Waals surface area contributed by atoms with Crippen LogP contribution in [-0.2, 0) is 9.53 Å². The Kier molecular flexibility index (Phi) is 7.91. The number of halogens is 1. The molecule has 2 aromatic rings. The van der Waals surface area contributed by atoms with Crippen molar-refractivity contribution in [1.29, 1.82) is 0 Å². The van der Waals surface area contributed by atoms with Crippen molar-refractivity contribution in [3.8, 4) is 0 Å². The monoisotopic (exact) mass is 454 g/mol. The third kappa shape index (κ3) is 6.30. The van der Waals surface area contributed by atoms with Gasteiger partial charge in [0.05, 0.1) is 25.2 Å². The molecule has 4 rings (SSSR count). The van der Waals surface area contributed by atoms with Gasteiger partial charge in [-0.2, -0.15) is 0 Å². The standard InChI is InChI=1S/C25H31FN4O3/c26-21-10-8-19(9-11-21)23(29-13-15-33-16-14-29)17-27-24(31)20-5-4-12-30(18-20)25(32)28-22-6-2-1-3-7-22/h1-3,6-11,20,23H,4-5,12-18H2,(H,27,31)(H,28,32). The van der Waals surface area contributed by atoms with Crippen LogP contribution in [0.4, 0.5) is 14.9 Å². The second kappa shape index (κ2) is 11.2. The molecule has 3 amide bonds. The molecule has 2 saturated heterocycles. The van der Waals surface area contributed by atoms with E-state index in [4.69, 9.17) is 4.74 Å². The lowest BCUT2D eigenvalue weighted by atomic mass is 9.97. The summed E-state index contributed by atoms with van der Waals surface area (Å²) >= 11 is 0. The number of amides is 3. The summed E-state index contributed by atoms with van der Waals surface area (Å²) in [4.78, 5) is 29.6. The lowest BCUT2D eigenvalue weighted by Gasteiger charge is -2.36. The van der Waals surface area contributed by atoms with Gasteiger partial charge in [0.25, 0.3) is 0 Å². The average Bonchev–Trinajstić information content (AvgIpc) is 2.86. The van der Waals surface area contributed by atoms with E-state index in [2.05, 4.69) is 15.5 Å². The van der Waals surface area contributed by atoms with Crippen LogP contribution < -0.4 is 10.6 Å². The van der Waals surface area contributed by atoms with E-state index in [1.54, 1.807) is 17.0 Å². The van der Waals surface area contributed by atoms with Crippen molar-refractivity contribution < 1.29 is 18.7 Å². The molecule has 2 aliphatic heterocycles. The maximum Gasteiger partial charge on any atom is 0.321 e. The van der Waals surface area contributed by atoms with Crippen molar-refractivity contribution in [3.05, 3.63) is 66.0 Å². The second-order valence-corrected chi connectivity index (χ2v) is 8.54. The molecule has 176 valence electrons. The van der Waals surface area contributed by atoms with Gasteiger partial charge in [0.15, 0.2) is 0 Å². The molecule has 2 aromatic carbocycles. The fourth-order valence-electron chi connectivity index (χ4n) is 4.47. The second-order valence-electron chi connectivity index (χ2n) is 8.54. The highest BCUT2D eigenvalue weighted by Gasteiger charge is 2.30. The van der Waals surface area contributed by atoms with E-state index in [1.807, 2.05) is 30.3 Å². The average molecular weight is 455 g/mol. The molecule has 2 N–H and O–H groups in total. The van der Waals surface area contributed by atoms with Crippen LogP contribution in [-0.4, -0.2) is 67.7 Å². The van der Waals surface area contributed by atoms with Crippen molar-refractivity contribution in [1.82, 2.24) is 15.1 Å². The number of nitrogens with zero attached hydrogens (tertiary/aromatic N) is 2. The molecular formula is C25H31FN4O3. The molecule has 2 unspecified atom stereocenters. The van der Waals surface area contributed by atoms with Crippen molar-refractivity contribution in [2.45, 2.75) is 18.9 Å². The first kappa shape index (κ1) is 23.2. The highest BCUT2D eigenvalue weighted by atomic mass is 19.1. The number of hydrogen-bond acceptors (Lipinski definition) is 4. The summed E-state index contributed by atoms with van der Waals surface area (Å²) in [6.45, 7) is 4.25. The molecule has 0 aromatic heterocycles. The summed E-state index contributed by atoms with van der Waals surface area (Å²) in [5.74, 6) is -0.578. The van der Waals surface area contributed by atoms with Crippen molar-refractivity contribution in [2.24, 2.45) is 5.92 Å². The highest BCUT2D eigenvalue weighted by molar-refractivity contribution is 5.90. The minimum absolute atomic E-state index is 0.0485. The number of piperidine rings is 1. The van der Waals surface area contributed by atoms with Gasteiger partial charge < -0.3 is 20.3 Å². The predicted molar refractivity (Wildman–Crippen MR) is 124 cm³/mol. The molecule has 7 nitrogen and oxygen atoms in total. The Bertz CT molecular complexity index is 919. The number of carbonyl (C=O) groups is 2. The topological polar surface area (TPSA) is 73.9 Å². The minimum atomic E-state index is -0.278. The van der Waals surface area contributed by atoms with Crippen LogP contribution in [0.25, 0.3) is 0 Å². The van der Waals surface area contributed by atoms with Crippen molar-refractivity contribution in [2.75, 3.05) is 51.3 Å². The molecule has 2 fully saturated rings. The largest absolute Gasteiger partial charge is 0.379 e. The lowest BCUT2D eigenvalue weighted by molar-refractivity contribution is -0.126. The number of likely N-dealkylation sites (tertiary alicyclic amines) is 1. The third-order valence-electron chi connectivity index (χ3n) is 6.32. The fourth-order valence-corrected chi connectivity index (χ4v) is 4.47. The predicted octanol–water partition coefficient (Wildman–Crippen LogP) is 3.26. The summed E-state index contributed by atoms with van der Waals surface area (Å²) in [5, 5.41) is 6.00. The number of ether oxygens (including phenoxy) is 1. The number of carbonyl (C=O) groups excluding carboxylic acids is 2. The molecule has 2 aliphatic rings. The smallest absolute Gasteiger partial charge is 0.321 e. The molecular weight excluding hydrogens is 423 g/mol. The molecule has 33 heavy (non-hydrogen) atoms. The zero-order chi connectivity index (χ0) is 23.0. The van der Waals surface area contributed by atoms with Crippen LogP contribution in [0.15, 0.2) is 54.6 Å². The summed E-state index contributed by atoms with van der Waals surface area (Å²) in [7, 11) is 0. The highest BCUT2D eigenvalue weighted by Crippen LogP contribution is 2.23. The van der Waals surface area contributed by atoms with E-state index in [9.17, 15) is 14.0 Å². The minimum Gasteiger partial charge on any atom is -0.379 e. The number of hydrogen-bond donors (Lipinski definition) is 2. The van der Waals surface area contributed by atoms with E-state index in [0.29, 0.717) is 32.8 Å². The number of benzene rings is 2. The zero-order valence-corrected chi connectivity index (χ0v) is 18.7. The zero-order valence-electron chi connectivity index (χ0n) is 18.7.